The molecule has 1 aromatic carbocycles. The molecule has 1 saturated heterocycles. The van der Waals surface area contributed by atoms with Crippen LogP contribution in [0.5, 0.6) is 5.75 Å². The first-order valence-corrected chi connectivity index (χ1v) is 13.0. The lowest BCUT2D eigenvalue weighted by Crippen LogP contribution is -2.63. The molecular weight excluding hydrogens is 492 g/mol. The molecule has 6 N–H and O–H groups in total. The number of carbonyl (C=O) groups excluding carboxylic acids is 3. The summed E-state index contributed by atoms with van der Waals surface area (Å²) < 4.78 is 6.14. The molecule has 200 valence electrons. The molecule has 3 aliphatic carbocycles. The standard InChI is InChI=1S/C28H30N2O8/c29-27(36)23-19(32)11-14-9-13-10-17-16(20-6-3-15(38-20)12-30-7-1-2-8-30)4-5-18(31)22(17)24(33)21(13)25(34)28(14,37)26(23)35/h3-6,13-14,19,23,31-32,34,37H,1-2,7-12H2,(H2,29,36)/t13-,14+,19?,23?,28+/m1/s1. The van der Waals surface area contributed by atoms with Gasteiger partial charge in [-0.3, -0.25) is 19.3 Å². The van der Waals surface area contributed by atoms with Crippen molar-refractivity contribution >= 4 is 17.5 Å². The van der Waals surface area contributed by atoms with Gasteiger partial charge in [0, 0.05) is 17.1 Å². The summed E-state index contributed by atoms with van der Waals surface area (Å²) in [6.45, 7) is 2.72. The third-order valence-electron chi connectivity index (χ3n) is 8.78. The number of nitrogens with two attached hydrogens (primary N) is 1. The van der Waals surface area contributed by atoms with Crippen LogP contribution in [0, 0.1) is 17.8 Å². The highest BCUT2D eigenvalue weighted by Crippen LogP contribution is 2.52. The number of aliphatic hydroxyl groups excluding tert-OH is 2. The Labute approximate surface area is 218 Å². The number of furan rings is 1. The predicted molar refractivity (Wildman–Crippen MR) is 133 cm³/mol. The number of rotatable bonds is 4. The summed E-state index contributed by atoms with van der Waals surface area (Å²) in [6, 6.07) is 6.82. The molecule has 5 atom stereocenters. The molecule has 0 spiro atoms. The Kier molecular flexibility index (Phi) is 5.75. The number of phenolic OH excluding ortho intramolecular Hbond substituents is 1. The monoisotopic (exact) mass is 522 g/mol. The highest BCUT2D eigenvalue weighted by atomic mass is 16.4. The summed E-state index contributed by atoms with van der Waals surface area (Å²) in [5, 5.41) is 43.7. The molecule has 1 aliphatic heterocycles. The molecule has 2 aromatic rings. The molecule has 6 rings (SSSR count). The average Bonchev–Trinajstić information content (AvgIpc) is 3.54. The van der Waals surface area contributed by atoms with Crippen LogP contribution in [0.1, 0.15) is 47.4 Å². The lowest BCUT2D eigenvalue weighted by Gasteiger charge is -2.48. The van der Waals surface area contributed by atoms with Crippen molar-refractivity contribution in [1.82, 2.24) is 4.90 Å². The Morgan fingerprint density at radius 2 is 1.84 bits per heavy atom. The molecule has 4 aliphatic rings. The molecular formula is C28H30N2O8. The number of primary amides is 1. The summed E-state index contributed by atoms with van der Waals surface area (Å²) in [5.74, 6) is -5.88. The smallest absolute Gasteiger partial charge is 0.230 e. The van der Waals surface area contributed by atoms with Crippen molar-refractivity contribution in [2.75, 3.05) is 13.1 Å². The van der Waals surface area contributed by atoms with E-state index >= 15 is 0 Å². The minimum Gasteiger partial charge on any atom is -0.508 e. The van der Waals surface area contributed by atoms with Gasteiger partial charge in [-0.2, -0.15) is 0 Å². The minimum absolute atomic E-state index is 0.0189. The normalized spacial score (nSPS) is 31.2. The molecule has 2 heterocycles. The second kappa shape index (κ2) is 8.79. The number of likely N-dealkylation sites (tertiary alicyclic amines) is 1. The van der Waals surface area contributed by atoms with Crippen LogP contribution in [-0.2, 0) is 22.6 Å². The van der Waals surface area contributed by atoms with E-state index in [2.05, 4.69) is 4.90 Å². The number of Topliss-reactive ketones (excluding diaryl/α,β-unsaturated/α-hetero) is 2. The summed E-state index contributed by atoms with van der Waals surface area (Å²) in [7, 11) is 0. The third kappa shape index (κ3) is 3.54. The topological polar surface area (TPSA) is 175 Å². The SMILES string of the molecule is NC(=O)C1C(=O)[C@@]2(O)C(O)=C3C(=O)c4c(O)ccc(-c5ccc(CN6CCCC6)o5)c4C[C@H]3C[C@H]2CC1O. The fraction of sp³-hybridized carbons (Fsp3) is 0.464. The molecule has 2 fully saturated rings. The Morgan fingerprint density at radius 1 is 1.11 bits per heavy atom. The van der Waals surface area contributed by atoms with Gasteiger partial charge in [0.05, 0.1) is 18.2 Å². The summed E-state index contributed by atoms with van der Waals surface area (Å²) in [6.07, 6.45) is 1.13. The number of hydrogen-bond donors (Lipinski definition) is 5. The van der Waals surface area contributed by atoms with Crippen molar-refractivity contribution in [3.63, 3.8) is 0 Å². The highest BCUT2D eigenvalue weighted by molar-refractivity contribution is 6.16. The summed E-state index contributed by atoms with van der Waals surface area (Å²) in [4.78, 5) is 41.0. The molecule has 10 heteroatoms. The number of benzene rings is 1. The van der Waals surface area contributed by atoms with Gasteiger partial charge in [0.15, 0.2) is 17.2 Å². The zero-order valence-corrected chi connectivity index (χ0v) is 20.7. The molecule has 2 unspecified atom stereocenters. The van der Waals surface area contributed by atoms with Gasteiger partial charge in [-0.25, -0.2) is 0 Å². The number of carbonyl (C=O) groups is 3. The first-order chi connectivity index (χ1) is 18.1. The number of hydrogen-bond acceptors (Lipinski definition) is 9. The third-order valence-corrected chi connectivity index (χ3v) is 8.78. The van der Waals surface area contributed by atoms with Gasteiger partial charge in [0.1, 0.15) is 28.9 Å². The Hall–Kier alpha value is -3.47. The molecule has 1 amide bonds. The van der Waals surface area contributed by atoms with Crippen molar-refractivity contribution in [2.24, 2.45) is 23.5 Å². The largest absolute Gasteiger partial charge is 0.508 e. The number of fused-ring (bicyclic) bond motifs is 3. The van der Waals surface area contributed by atoms with Crippen molar-refractivity contribution in [3.8, 4) is 17.1 Å². The number of nitrogens with zero attached hydrogens (tertiary/aromatic N) is 1. The Morgan fingerprint density at radius 3 is 2.55 bits per heavy atom. The quantitative estimate of drug-likeness (QED) is 0.374. The van der Waals surface area contributed by atoms with E-state index in [0.29, 0.717) is 23.4 Å². The van der Waals surface area contributed by atoms with Crippen LogP contribution >= 0.6 is 0 Å². The van der Waals surface area contributed by atoms with E-state index in [0.717, 1.165) is 31.7 Å². The minimum atomic E-state index is -2.52. The number of allylic oxidation sites excluding steroid dienone is 1. The number of amides is 1. The van der Waals surface area contributed by atoms with Crippen LogP contribution in [0.2, 0.25) is 0 Å². The predicted octanol–water partition coefficient (Wildman–Crippen LogP) is 1.60. The molecule has 0 radical (unpaired) electrons. The zero-order chi connectivity index (χ0) is 26.9. The van der Waals surface area contributed by atoms with Gasteiger partial charge in [-0.05, 0) is 80.9 Å². The molecule has 0 bridgehead atoms. The van der Waals surface area contributed by atoms with Crippen molar-refractivity contribution < 1.29 is 39.2 Å². The van der Waals surface area contributed by atoms with E-state index in [9.17, 15) is 34.8 Å². The highest BCUT2D eigenvalue weighted by Gasteiger charge is 2.62. The van der Waals surface area contributed by atoms with Crippen LogP contribution < -0.4 is 5.73 Å². The van der Waals surface area contributed by atoms with Crippen LogP contribution in [0.3, 0.4) is 0 Å². The summed E-state index contributed by atoms with van der Waals surface area (Å²) >= 11 is 0. The second-order valence-electron chi connectivity index (χ2n) is 11.0. The van der Waals surface area contributed by atoms with E-state index in [-0.39, 0.29) is 36.1 Å². The lowest BCUT2D eigenvalue weighted by atomic mass is 9.57. The molecule has 1 saturated carbocycles. The van der Waals surface area contributed by atoms with Gasteiger partial charge in [-0.1, -0.05) is 0 Å². The number of aromatic hydroxyl groups is 1. The van der Waals surface area contributed by atoms with Gasteiger partial charge < -0.3 is 30.6 Å². The molecule has 1 aromatic heterocycles. The van der Waals surface area contributed by atoms with E-state index in [1.54, 1.807) is 6.07 Å². The number of aliphatic hydroxyl groups is 3. The van der Waals surface area contributed by atoms with Crippen LogP contribution in [0.25, 0.3) is 11.3 Å². The Balaban J connectivity index is 1.41. The first-order valence-electron chi connectivity index (χ1n) is 13.0. The van der Waals surface area contributed by atoms with Crippen LogP contribution in [0.15, 0.2) is 40.0 Å². The average molecular weight is 523 g/mol. The van der Waals surface area contributed by atoms with Crippen molar-refractivity contribution in [2.45, 2.75) is 50.4 Å². The first kappa shape index (κ1) is 24.8. The molecule has 38 heavy (non-hydrogen) atoms. The van der Waals surface area contributed by atoms with Crippen LogP contribution in [-0.4, -0.2) is 67.6 Å². The van der Waals surface area contributed by atoms with E-state index in [1.165, 1.54) is 6.07 Å². The fourth-order valence-electron chi connectivity index (χ4n) is 6.93. The summed E-state index contributed by atoms with van der Waals surface area (Å²) in [5.41, 5.74) is 3.80. The fourth-order valence-corrected chi connectivity index (χ4v) is 6.93. The lowest BCUT2D eigenvalue weighted by molar-refractivity contribution is -0.167. The van der Waals surface area contributed by atoms with Gasteiger partial charge in [0.25, 0.3) is 0 Å². The van der Waals surface area contributed by atoms with Crippen LogP contribution in [0.4, 0.5) is 0 Å². The second-order valence-corrected chi connectivity index (χ2v) is 11.0. The van der Waals surface area contributed by atoms with E-state index < -0.39 is 52.7 Å². The van der Waals surface area contributed by atoms with Gasteiger partial charge in [-0.15, -0.1) is 0 Å². The maximum absolute atomic E-state index is 13.7. The molecule has 10 nitrogen and oxygen atoms in total. The maximum atomic E-state index is 13.7. The van der Waals surface area contributed by atoms with E-state index in [1.807, 2.05) is 12.1 Å². The van der Waals surface area contributed by atoms with E-state index in [4.69, 9.17) is 10.2 Å². The van der Waals surface area contributed by atoms with Crippen molar-refractivity contribution in [1.29, 1.82) is 0 Å². The Bertz CT molecular complexity index is 1390. The van der Waals surface area contributed by atoms with Gasteiger partial charge >= 0.3 is 0 Å². The maximum Gasteiger partial charge on any atom is 0.230 e. The van der Waals surface area contributed by atoms with Crippen molar-refractivity contribution in [3.05, 3.63) is 52.5 Å². The zero-order valence-electron chi connectivity index (χ0n) is 20.7. The number of phenols is 1. The number of ketones is 2. The van der Waals surface area contributed by atoms with Gasteiger partial charge in [0.2, 0.25) is 5.91 Å².